The Morgan fingerprint density at radius 1 is 1.50 bits per heavy atom. The molecular formula is C9H19NO2. The van der Waals surface area contributed by atoms with Crippen LogP contribution in [0.2, 0.25) is 0 Å². The summed E-state index contributed by atoms with van der Waals surface area (Å²) in [7, 11) is 0. The largest absolute Gasteiger partial charge is 0.481 e. The number of carboxylic acid groups (broad SMARTS) is 1. The van der Waals surface area contributed by atoms with E-state index in [1.54, 1.807) is 0 Å². The first-order valence-electron chi connectivity index (χ1n) is 4.46. The van der Waals surface area contributed by atoms with Gasteiger partial charge in [-0.1, -0.05) is 20.3 Å². The van der Waals surface area contributed by atoms with Crippen molar-refractivity contribution in [2.45, 2.75) is 39.7 Å². The summed E-state index contributed by atoms with van der Waals surface area (Å²) in [6.07, 6.45) is 1.17. The van der Waals surface area contributed by atoms with Crippen molar-refractivity contribution in [2.24, 2.45) is 17.6 Å². The smallest absolute Gasteiger partial charge is 0.303 e. The van der Waals surface area contributed by atoms with Crippen molar-refractivity contribution < 1.29 is 9.90 Å². The lowest BCUT2D eigenvalue weighted by atomic mass is 9.84. The van der Waals surface area contributed by atoms with Gasteiger partial charge in [0, 0.05) is 12.5 Å². The normalized spacial score (nSPS) is 18.3. The van der Waals surface area contributed by atoms with Crippen molar-refractivity contribution in [2.75, 3.05) is 0 Å². The number of carbonyl (C=O) groups is 1. The quantitative estimate of drug-likeness (QED) is 0.661. The Kier molecular flexibility index (Phi) is 4.90. The molecule has 0 amide bonds. The van der Waals surface area contributed by atoms with Gasteiger partial charge in [0.15, 0.2) is 0 Å². The molecule has 0 spiro atoms. The summed E-state index contributed by atoms with van der Waals surface area (Å²) in [6.45, 7) is 5.98. The minimum Gasteiger partial charge on any atom is -0.481 e. The average Bonchev–Trinajstić information content (AvgIpc) is 1.98. The van der Waals surface area contributed by atoms with Gasteiger partial charge in [0.25, 0.3) is 0 Å². The molecule has 0 aromatic heterocycles. The molecule has 3 nitrogen and oxygen atoms in total. The molecule has 3 heteroatoms. The molecule has 0 rings (SSSR count). The minimum atomic E-state index is -0.752. The van der Waals surface area contributed by atoms with Gasteiger partial charge in [0.1, 0.15) is 0 Å². The van der Waals surface area contributed by atoms with Gasteiger partial charge in [0.05, 0.1) is 0 Å². The van der Waals surface area contributed by atoms with Crippen molar-refractivity contribution in [1.82, 2.24) is 0 Å². The van der Waals surface area contributed by atoms with Gasteiger partial charge in [-0.15, -0.1) is 0 Å². The maximum absolute atomic E-state index is 10.5. The van der Waals surface area contributed by atoms with E-state index in [-0.39, 0.29) is 18.4 Å². The molecule has 0 heterocycles. The van der Waals surface area contributed by atoms with Gasteiger partial charge in [-0.2, -0.15) is 0 Å². The molecule has 0 bridgehead atoms. The zero-order valence-corrected chi connectivity index (χ0v) is 8.08. The Bertz CT molecular complexity index is 145. The summed E-state index contributed by atoms with van der Waals surface area (Å²) in [6, 6.07) is -0.0314. The Balaban J connectivity index is 4.12. The first kappa shape index (κ1) is 11.4. The topological polar surface area (TPSA) is 63.3 Å². The Morgan fingerprint density at radius 2 is 2.00 bits per heavy atom. The average molecular weight is 173 g/mol. The van der Waals surface area contributed by atoms with Crippen LogP contribution in [0, 0.1) is 11.8 Å². The molecule has 12 heavy (non-hydrogen) atoms. The maximum atomic E-state index is 10.5. The third-order valence-electron chi connectivity index (χ3n) is 2.46. The summed E-state index contributed by atoms with van der Waals surface area (Å²) in [5.74, 6) is -0.258. The highest BCUT2D eigenvalue weighted by atomic mass is 16.4. The molecule has 0 aliphatic rings. The zero-order valence-electron chi connectivity index (χ0n) is 8.08. The van der Waals surface area contributed by atoms with E-state index in [1.165, 1.54) is 0 Å². The molecule has 0 fully saturated rings. The van der Waals surface area contributed by atoms with Crippen molar-refractivity contribution in [3.05, 3.63) is 0 Å². The third-order valence-corrected chi connectivity index (χ3v) is 2.46. The number of aliphatic carboxylic acids is 1. The predicted octanol–water partition coefficient (Wildman–Crippen LogP) is 1.47. The van der Waals surface area contributed by atoms with Crippen LogP contribution in [0.5, 0.6) is 0 Å². The highest BCUT2D eigenvalue weighted by Gasteiger charge is 2.22. The summed E-state index contributed by atoms with van der Waals surface area (Å²) in [5, 5.41) is 8.62. The van der Waals surface area contributed by atoms with E-state index < -0.39 is 5.97 Å². The van der Waals surface area contributed by atoms with Crippen LogP contribution < -0.4 is 5.73 Å². The van der Waals surface area contributed by atoms with Crippen molar-refractivity contribution in [1.29, 1.82) is 0 Å². The fourth-order valence-electron chi connectivity index (χ4n) is 1.41. The number of hydrogen-bond donors (Lipinski definition) is 2. The van der Waals surface area contributed by atoms with E-state index >= 15 is 0 Å². The van der Waals surface area contributed by atoms with Gasteiger partial charge in [-0.25, -0.2) is 0 Å². The van der Waals surface area contributed by atoms with Crippen LogP contribution in [-0.2, 0) is 4.79 Å². The van der Waals surface area contributed by atoms with Crippen LogP contribution in [-0.4, -0.2) is 17.1 Å². The van der Waals surface area contributed by atoms with Crippen molar-refractivity contribution in [3.63, 3.8) is 0 Å². The third kappa shape index (κ3) is 3.72. The first-order chi connectivity index (χ1) is 5.49. The summed E-state index contributed by atoms with van der Waals surface area (Å²) in [4.78, 5) is 10.5. The van der Waals surface area contributed by atoms with Crippen LogP contribution in [0.3, 0.4) is 0 Å². The molecule has 3 atom stereocenters. The molecule has 0 aliphatic carbocycles. The fourth-order valence-corrected chi connectivity index (χ4v) is 1.41. The minimum absolute atomic E-state index is 0.0314. The summed E-state index contributed by atoms with van der Waals surface area (Å²) >= 11 is 0. The van der Waals surface area contributed by atoms with E-state index in [1.807, 2.05) is 6.92 Å². The van der Waals surface area contributed by atoms with Crippen LogP contribution in [0.25, 0.3) is 0 Å². The van der Waals surface area contributed by atoms with E-state index in [9.17, 15) is 4.79 Å². The molecule has 0 aliphatic heterocycles. The van der Waals surface area contributed by atoms with Gasteiger partial charge >= 0.3 is 5.97 Å². The van der Waals surface area contributed by atoms with Gasteiger partial charge in [-0.3, -0.25) is 4.79 Å². The number of carboxylic acids is 1. The Labute approximate surface area is 74.0 Å². The van der Waals surface area contributed by atoms with E-state index in [4.69, 9.17) is 10.8 Å². The second-order valence-corrected chi connectivity index (χ2v) is 3.51. The lowest BCUT2D eigenvalue weighted by Crippen LogP contribution is -2.33. The number of rotatable bonds is 5. The standard InChI is InChI=1S/C9H19NO2/c1-4-6(2)8(7(3)10)5-9(11)12/h6-8H,4-5,10H2,1-3H3,(H,11,12). The summed E-state index contributed by atoms with van der Waals surface area (Å²) < 4.78 is 0. The van der Waals surface area contributed by atoms with Crippen LogP contribution >= 0.6 is 0 Å². The predicted molar refractivity (Wildman–Crippen MR) is 48.8 cm³/mol. The van der Waals surface area contributed by atoms with E-state index in [0.29, 0.717) is 5.92 Å². The van der Waals surface area contributed by atoms with Crippen LogP contribution in [0.1, 0.15) is 33.6 Å². The van der Waals surface area contributed by atoms with Gasteiger partial charge in [-0.05, 0) is 18.8 Å². The van der Waals surface area contributed by atoms with Crippen LogP contribution in [0.15, 0.2) is 0 Å². The number of nitrogens with two attached hydrogens (primary N) is 1. The summed E-state index contributed by atoms with van der Waals surface area (Å²) in [5.41, 5.74) is 5.70. The molecule has 0 saturated carbocycles. The molecule has 0 saturated heterocycles. The Morgan fingerprint density at radius 3 is 2.25 bits per heavy atom. The van der Waals surface area contributed by atoms with Gasteiger partial charge in [0.2, 0.25) is 0 Å². The molecule has 0 aromatic rings. The zero-order chi connectivity index (χ0) is 9.72. The van der Waals surface area contributed by atoms with Crippen LogP contribution in [0.4, 0.5) is 0 Å². The SMILES string of the molecule is CCC(C)C(CC(=O)O)C(C)N. The molecule has 72 valence electrons. The lowest BCUT2D eigenvalue weighted by molar-refractivity contribution is -0.138. The molecular weight excluding hydrogens is 154 g/mol. The molecule has 3 N–H and O–H groups in total. The van der Waals surface area contributed by atoms with Crippen molar-refractivity contribution in [3.8, 4) is 0 Å². The second kappa shape index (κ2) is 5.14. The lowest BCUT2D eigenvalue weighted by Gasteiger charge is -2.24. The highest BCUT2D eigenvalue weighted by molar-refractivity contribution is 5.67. The fraction of sp³-hybridized carbons (Fsp3) is 0.889. The van der Waals surface area contributed by atoms with Crippen molar-refractivity contribution >= 4 is 5.97 Å². The van der Waals surface area contributed by atoms with Gasteiger partial charge < -0.3 is 10.8 Å². The second-order valence-electron chi connectivity index (χ2n) is 3.51. The maximum Gasteiger partial charge on any atom is 0.303 e. The number of hydrogen-bond acceptors (Lipinski definition) is 2. The van der Waals surface area contributed by atoms with E-state index in [2.05, 4.69) is 13.8 Å². The molecule has 3 unspecified atom stereocenters. The van der Waals surface area contributed by atoms with E-state index in [0.717, 1.165) is 6.42 Å². The molecule has 0 radical (unpaired) electrons. The monoisotopic (exact) mass is 173 g/mol. The molecule has 0 aromatic carbocycles. The Hall–Kier alpha value is -0.570. The first-order valence-corrected chi connectivity index (χ1v) is 4.46. The highest BCUT2D eigenvalue weighted by Crippen LogP contribution is 2.21.